The normalized spacial score (nSPS) is 26.4. The average molecular weight is 260 g/mol. The van der Waals surface area contributed by atoms with Gasteiger partial charge in [0.05, 0.1) is 6.61 Å². The van der Waals surface area contributed by atoms with Crippen molar-refractivity contribution in [1.29, 1.82) is 0 Å². The van der Waals surface area contributed by atoms with Gasteiger partial charge < -0.3 is 5.11 Å². The summed E-state index contributed by atoms with van der Waals surface area (Å²) in [4.78, 5) is 24.9. The SMILES string of the molecule is Cc1cn([C@H]2C[C@@H](CO)C(F)(F)C2)c(=O)[nH]c1=O. The second kappa shape index (κ2) is 4.31. The van der Waals surface area contributed by atoms with E-state index in [4.69, 9.17) is 5.11 Å². The minimum atomic E-state index is -2.98. The van der Waals surface area contributed by atoms with Crippen LogP contribution < -0.4 is 11.2 Å². The Hall–Kier alpha value is -1.50. The molecule has 100 valence electrons. The number of rotatable bonds is 2. The highest BCUT2D eigenvalue weighted by atomic mass is 19.3. The summed E-state index contributed by atoms with van der Waals surface area (Å²) in [5, 5.41) is 8.91. The highest BCUT2D eigenvalue weighted by Gasteiger charge is 2.49. The van der Waals surface area contributed by atoms with Crippen LogP contribution >= 0.6 is 0 Å². The Morgan fingerprint density at radius 2 is 2.22 bits per heavy atom. The van der Waals surface area contributed by atoms with Gasteiger partial charge in [0.25, 0.3) is 11.5 Å². The van der Waals surface area contributed by atoms with E-state index < -0.39 is 42.2 Å². The fourth-order valence-corrected chi connectivity index (χ4v) is 2.34. The van der Waals surface area contributed by atoms with Crippen LogP contribution in [0.1, 0.15) is 24.4 Å². The maximum Gasteiger partial charge on any atom is 0.328 e. The van der Waals surface area contributed by atoms with Crippen LogP contribution in [-0.2, 0) is 0 Å². The number of H-pyrrole nitrogens is 1. The van der Waals surface area contributed by atoms with Crippen LogP contribution in [0, 0.1) is 12.8 Å². The van der Waals surface area contributed by atoms with E-state index in [9.17, 15) is 18.4 Å². The van der Waals surface area contributed by atoms with Crippen molar-refractivity contribution in [2.24, 2.45) is 5.92 Å². The zero-order valence-electron chi connectivity index (χ0n) is 9.82. The van der Waals surface area contributed by atoms with Gasteiger partial charge in [-0.2, -0.15) is 0 Å². The van der Waals surface area contributed by atoms with Crippen molar-refractivity contribution in [2.75, 3.05) is 6.61 Å². The molecule has 0 saturated heterocycles. The second-order valence-electron chi connectivity index (χ2n) is 4.71. The molecule has 0 spiro atoms. The first kappa shape index (κ1) is 12.9. The van der Waals surface area contributed by atoms with E-state index in [-0.39, 0.29) is 6.42 Å². The molecule has 1 aromatic heterocycles. The number of hydrogen-bond donors (Lipinski definition) is 2. The molecule has 0 bridgehead atoms. The molecular weight excluding hydrogens is 246 g/mol. The number of nitrogens with one attached hydrogen (secondary N) is 1. The molecule has 0 aliphatic heterocycles. The van der Waals surface area contributed by atoms with Crippen molar-refractivity contribution >= 4 is 0 Å². The summed E-state index contributed by atoms with van der Waals surface area (Å²) in [5.74, 6) is -4.12. The molecule has 0 unspecified atom stereocenters. The smallest absolute Gasteiger partial charge is 0.328 e. The lowest BCUT2D eigenvalue weighted by Gasteiger charge is -2.15. The summed E-state index contributed by atoms with van der Waals surface area (Å²) in [6, 6.07) is -0.694. The minimum absolute atomic E-state index is 0.0227. The van der Waals surface area contributed by atoms with Crippen LogP contribution in [0.3, 0.4) is 0 Å². The molecule has 2 atom stereocenters. The summed E-state index contributed by atoms with van der Waals surface area (Å²) in [5.41, 5.74) is -0.907. The molecule has 7 heteroatoms. The second-order valence-corrected chi connectivity index (χ2v) is 4.71. The molecule has 1 saturated carbocycles. The van der Waals surface area contributed by atoms with Gasteiger partial charge in [0.1, 0.15) is 0 Å². The van der Waals surface area contributed by atoms with Crippen LogP contribution in [0.15, 0.2) is 15.8 Å². The highest BCUT2D eigenvalue weighted by Crippen LogP contribution is 2.45. The number of aliphatic hydroxyl groups is 1. The van der Waals surface area contributed by atoms with Crippen molar-refractivity contribution in [3.63, 3.8) is 0 Å². The molecule has 1 aromatic rings. The Balaban J connectivity index is 2.38. The lowest BCUT2D eigenvalue weighted by Crippen LogP contribution is -2.33. The zero-order valence-corrected chi connectivity index (χ0v) is 9.82. The van der Waals surface area contributed by atoms with Gasteiger partial charge in [-0.1, -0.05) is 0 Å². The summed E-state index contributed by atoms with van der Waals surface area (Å²) in [7, 11) is 0. The number of aromatic nitrogens is 2. The van der Waals surface area contributed by atoms with Crippen LogP contribution in [-0.4, -0.2) is 27.2 Å². The topological polar surface area (TPSA) is 75.1 Å². The van der Waals surface area contributed by atoms with E-state index >= 15 is 0 Å². The Kier molecular flexibility index (Phi) is 3.10. The van der Waals surface area contributed by atoms with E-state index in [2.05, 4.69) is 4.98 Å². The van der Waals surface area contributed by atoms with Crippen molar-refractivity contribution in [3.05, 3.63) is 32.6 Å². The van der Waals surface area contributed by atoms with Crippen molar-refractivity contribution in [3.8, 4) is 0 Å². The zero-order chi connectivity index (χ0) is 13.5. The molecule has 2 rings (SSSR count). The number of halogens is 2. The monoisotopic (exact) mass is 260 g/mol. The predicted molar refractivity (Wildman–Crippen MR) is 59.9 cm³/mol. The molecule has 2 N–H and O–H groups in total. The Bertz CT molecular complexity index is 564. The van der Waals surface area contributed by atoms with E-state index in [0.29, 0.717) is 5.56 Å². The highest BCUT2D eigenvalue weighted by molar-refractivity contribution is 5.03. The van der Waals surface area contributed by atoms with Gasteiger partial charge >= 0.3 is 5.69 Å². The fourth-order valence-electron chi connectivity index (χ4n) is 2.34. The third kappa shape index (κ3) is 2.10. The lowest BCUT2D eigenvalue weighted by molar-refractivity contribution is -0.0551. The number of aryl methyl sites for hydroxylation is 1. The first-order valence-corrected chi connectivity index (χ1v) is 5.66. The maximum absolute atomic E-state index is 13.5. The largest absolute Gasteiger partial charge is 0.396 e. The first-order valence-electron chi connectivity index (χ1n) is 5.66. The minimum Gasteiger partial charge on any atom is -0.396 e. The number of nitrogens with zero attached hydrogens (tertiary/aromatic N) is 1. The molecule has 5 nitrogen and oxygen atoms in total. The quantitative estimate of drug-likeness (QED) is 0.809. The van der Waals surface area contributed by atoms with Gasteiger partial charge in [0, 0.05) is 30.1 Å². The molecule has 0 amide bonds. The average Bonchev–Trinajstić information content (AvgIpc) is 2.58. The van der Waals surface area contributed by atoms with E-state index in [1.807, 2.05) is 0 Å². The van der Waals surface area contributed by atoms with Gasteiger partial charge in [0.15, 0.2) is 0 Å². The summed E-state index contributed by atoms with van der Waals surface area (Å²) < 4.78 is 28.1. The number of aromatic amines is 1. The van der Waals surface area contributed by atoms with Crippen LogP contribution in [0.25, 0.3) is 0 Å². The van der Waals surface area contributed by atoms with Gasteiger partial charge in [0.2, 0.25) is 0 Å². The Labute approximate surface area is 101 Å². The molecule has 1 fully saturated rings. The first-order chi connectivity index (χ1) is 8.35. The van der Waals surface area contributed by atoms with Crippen LogP contribution in [0.4, 0.5) is 8.78 Å². The van der Waals surface area contributed by atoms with Crippen molar-refractivity contribution in [1.82, 2.24) is 9.55 Å². The Morgan fingerprint density at radius 1 is 1.56 bits per heavy atom. The summed E-state index contributed by atoms with van der Waals surface area (Å²) in [6.45, 7) is 0.895. The van der Waals surface area contributed by atoms with Gasteiger partial charge in [-0.3, -0.25) is 14.3 Å². The van der Waals surface area contributed by atoms with Crippen LogP contribution in [0.2, 0.25) is 0 Å². The van der Waals surface area contributed by atoms with E-state index in [1.54, 1.807) is 0 Å². The van der Waals surface area contributed by atoms with E-state index in [0.717, 1.165) is 4.57 Å². The summed E-state index contributed by atoms with van der Waals surface area (Å²) in [6.07, 6.45) is 0.820. The molecule has 18 heavy (non-hydrogen) atoms. The maximum atomic E-state index is 13.5. The number of alkyl halides is 2. The van der Waals surface area contributed by atoms with Gasteiger partial charge in [-0.15, -0.1) is 0 Å². The number of hydrogen-bond acceptors (Lipinski definition) is 3. The predicted octanol–water partition coefficient (Wildman–Crippen LogP) is 0.424. The standard InChI is InChI=1S/C11H14F2N2O3/c1-6-4-15(10(18)14-9(6)17)8-2-7(5-16)11(12,13)3-8/h4,7-8,16H,2-3,5H2,1H3,(H,14,17,18)/t7-,8-/m0/s1. The van der Waals surface area contributed by atoms with Crippen molar-refractivity contribution in [2.45, 2.75) is 31.7 Å². The molecule has 1 aliphatic rings. The molecular formula is C11H14F2N2O3. The molecule has 1 heterocycles. The Morgan fingerprint density at radius 3 is 2.78 bits per heavy atom. The molecule has 0 radical (unpaired) electrons. The summed E-state index contributed by atoms with van der Waals surface area (Å²) >= 11 is 0. The molecule has 0 aromatic carbocycles. The molecule has 1 aliphatic carbocycles. The van der Waals surface area contributed by atoms with Gasteiger partial charge in [-0.25, -0.2) is 13.6 Å². The third-order valence-electron chi connectivity index (χ3n) is 3.42. The lowest BCUT2D eigenvalue weighted by atomic mass is 10.1. The van der Waals surface area contributed by atoms with E-state index in [1.165, 1.54) is 13.1 Å². The third-order valence-corrected chi connectivity index (χ3v) is 3.42. The van der Waals surface area contributed by atoms with Crippen LogP contribution in [0.5, 0.6) is 0 Å². The van der Waals surface area contributed by atoms with Gasteiger partial charge in [-0.05, 0) is 13.3 Å². The fraction of sp³-hybridized carbons (Fsp3) is 0.636. The number of aliphatic hydroxyl groups excluding tert-OH is 1. The van der Waals surface area contributed by atoms with Crippen molar-refractivity contribution < 1.29 is 13.9 Å².